The molecule has 250 valence electrons. The molecule has 1 amide bonds. The number of hydrogen-bond acceptors (Lipinski definition) is 10. The number of rotatable bonds is 15. The molecular formula is C34H49N7O5. The van der Waals surface area contributed by atoms with Gasteiger partial charge in [0, 0.05) is 37.8 Å². The lowest BCUT2D eigenvalue weighted by atomic mass is 9.95. The molecular weight excluding hydrogens is 586 g/mol. The SMILES string of the molecule is O=C(CCCCCCOc1ccc(Nc2nc(NC3CCCCC3)c3cnn(C4CCCCO4)c3n2)cc1)NOC1CCCCO1. The van der Waals surface area contributed by atoms with Gasteiger partial charge < -0.3 is 24.8 Å². The van der Waals surface area contributed by atoms with E-state index in [0.29, 0.717) is 31.6 Å². The molecule has 0 bridgehead atoms. The van der Waals surface area contributed by atoms with Crippen molar-refractivity contribution >= 4 is 34.4 Å². The largest absolute Gasteiger partial charge is 0.494 e. The van der Waals surface area contributed by atoms with E-state index < -0.39 is 0 Å². The number of carbonyl (C=O) groups excluding carboxylic acids is 1. The second kappa shape index (κ2) is 16.9. The lowest BCUT2D eigenvalue weighted by Crippen LogP contribution is -2.32. The maximum Gasteiger partial charge on any atom is 0.243 e. The van der Waals surface area contributed by atoms with Gasteiger partial charge in [-0.3, -0.25) is 4.79 Å². The summed E-state index contributed by atoms with van der Waals surface area (Å²) < 4.78 is 19.4. The van der Waals surface area contributed by atoms with E-state index in [-0.39, 0.29) is 18.4 Å². The van der Waals surface area contributed by atoms with Gasteiger partial charge in [0.05, 0.1) is 18.2 Å². The van der Waals surface area contributed by atoms with E-state index in [1.54, 1.807) is 0 Å². The number of carbonyl (C=O) groups is 1. The van der Waals surface area contributed by atoms with Crippen molar-refractivity contribution in [2.45, 2.75) is 121 Å². The van der Waals surface area contributed by atoms with Gasteiger partial charge in [0.1, 0.15) is 11.6 Å². The first kappa shape index (κ1) is 32.5. The Balaban J connectivity index is 0.971. The molecule has 1 saturated carbocycles. The fraction of sp³-hybridized carbons (Fsp3) is 0.647. The van der Waals surface area contributed by atoms with Gasteiger partial charge in [-0.15, -0.1) is 0 Å². The lowest BCUT2D eigenvalue weighted by molar-refractivity contribution is -0.200. The molecule has 3 aromatic rings. The number of anilines is 3. The monoisotopic (exact) mass is 635 g/mol. The highest BCUT2D eigenvalue weighted by Crippen LogP contribution is 2.31. The molecule has 2 aliphatic heterocycles. The smallest absolute Gasteiger partial charge is 0.243 e. The predicted octanol–water partition coefficient (Wildman–Crippen LogP) is 6.92. The minimum atomic E-state index is -0.310. The third-order valence-corrected chi connectivity index (χ3v) is 8.95. The lowest BCUT2D eigenvalue weighted by Gasteiger charge is -2.24. The molecule has 12 heteroatoms. The molecule has 3 fully saturated rings. The second-order valence-electron chi connectivity index (χ2n) is 12.6. The molecule has 2 saturated heterocycles. The molecule has 3 N–H and O–H groups in total. The van der Waals surface area contributed by atoms with Gasteiger partial charge in [-0.05, 0) is 82.1 Å². The highest BCUT2D eigenvalue weighted by Gasteiger charge is 2.23. The highest BCUT2D eigenvalue weighted by atomic mass is 16.8. The van der Waals surface area contributed by atoms with Crippen LogP contribution in [-0.4, -0.2) is 57.8 Å². The number of nitrogens with zero attached hydrogens (tertiary/aromatic N) is 4. The minimum absolute atomic E-state index is 0.0926. The molecule has 12 nitrogen and oxygen atoms in total. The van der Waals surface area contributed by atoms with Crippen molar-refractivity contribution in [1.82, 2.24) is 25.2 Å². The number of fused-ring (bicyclic) bond motifs is 1. The van der Waals surface area contributed by atoms with Crippen LogP contribution in [0.15, 0.2) is 30.5 Å². The summed E-state index contributed by atoms with van der Waals surface area (Å²) in [6.45, 7) is 2.07. The summed E-state index contributed by atoms with van der Waals surface area (Å²) in [6, 6.07) is 8.30. The summed E-state index contributed by atoms with van der Waals surface area (Å²) in [7, 11) is 0. The van der Waals surface area contributed by atoms with E-state index in [2.05, 4.69) is 16.1 Å². The van der Waals surface area contributed by atoms with Crippen LogP contribution in [0, 0.1) is 0 Å². The summed E-state index contributed by atoms with van der Waals surface area (Å²) in [5.74, 6) is 2.07. The zero-order valence-electron chi connectivity index (χ0n) is 26.9. The van der Waals surface area contributed by atoms with Crippen molar-refractivity contribution in [3.8, 4) is 5.75 Å². The standard InChI is InChI=1S/C34H49N7O5/c42-29(40-46-31-16-8-11-23-45-31)14-6-1-2-9-21-43-27-19-17-26(18-20-27)37-34-38-32(36-25-12-4-3-5-13-25)28-24-35-41(33(28)39-34)30-15-7-10-22-44-30/h17-20,24-25,30-31H,1-16,21-23H2,(H,40,42)(H2,36,37,38,39). The molecule has 1 aromatic carbocycles. The second-order valence-corrected chi connectivity index (χ2v) is 12.6. The van der Waals surface area contributed by atoms with Crippen molar-refractivity contribution in [3.05, 3.63) is 30.5 Å². The van der Waals surface area contributed by atoms with Gasteiger partial charge in [0.15, 0.2) is 18.2 Å². The first-order valence-corrected chi connectivity index (χ1v) is 17.4. The van der Waals surface area contributed by atoms with Crippen LogP contribution in [0.1, 0.15) is 109 Å². The summed E-state index contributed by atoms with van der Waals surface area (Å²) in [5, 5.41) is 12.7. The van der Waals surface area contributed by atoms with Crippen LogP contribution in [0.2, 0.25) is 0 Å². The summed E-state index contributed by atoms with van der Waals surface area (Å²) in [4.78, 5) is 27.1. The Kier molecular flexibility index (Phi) is 11.9. The van der Waals surface area contributed by atoms with Gasteiger partial charge in [0.25, 0.3) is 0 Å². The molecule has 2 aromatic heterocycles. The maximum atomic E-state index is 12.0. The Morgan fingerprint density at radius 2 is 1.65 bits per heavy atom. The predicted molar refractivity (Wildman–Crippen MR) is 176 cm³/mol. The fourth-order valence-corrected chi connectivity index (χ4v) is 6.34. The van der Waals surface area contributed by atoms with E-state index in [1.165, 1.54) is 19.3 Å². The van der Waals surface area contributed by atoms with Gasteiger partial charge in [-0.25, -0.2) is 15.0 Å². The Bertz CT molecular complexity index is 1370. The van der Waals surface area contributed by atoms with Crippen molar-refractivity contribution in [3.63, 3.8) is 0 Å². The molecule has 46 heavy (non-hydrogen) atoms. The first-order chi connectivity index (χ1) is 22.7. The van der Waals surface area contributed by atoms with Gasteiger partial charge >= 0.3 is 0 Å². The molecule has 1 aliphatic carbocycles. The third-order valence-electron chi connectivity index (χ3n) is 8.95. The molecule has 6 rings (SSSR count). The van der Waals surface area contributed by atoms with Crippen molar-refractivity contribution < 1.29 is 23.8 Å². The van der Waals surface area contributed by atoms with Crippen LogP contribution >= 0.6 is 0 Å². The van der Waals surface area contributed by atoms with Gasteiger partial charge in [0.2, 0.25) is 11.9 Å². The summed E-state index contributed by atoms with van der Waals surface area (Å²) in [5.41, 5.74) is 4.19. The number of ether oxygens (including phenoxy) is 3. The van der Waals surface area contributed by atoms with Crippen LogP contribution in [-0.2, 0) is 19.1 Å². The Hall–Kier alpha value is -3.48. The zero-order chi connectivity index (χ0) is 31.4. The van der Waals surface area contributed by atoms with E-state index in [9.17, 15) is 4.79 Å². The maximum absolute atomic E-state index is 12.0. The van der Waals surface area contributed by atoms with E-state index in [4.69, 9.17) is 34.1 Å². The highest BCUT2D eigenvalue weighted by molar-refractivity contribution is 5.88. The zero-order valence-corrected chi connectivity index (χ0v) is 26.9. The molecule has 4 heterocycles. The van der Waals surface area contributed by atoms with Crippen LogP contribution in [0.4, 0.5) is 17.5 Å². The summed E-state index contributed by atoms with van der Waals surface area (Å²) in [6.07, 6.45) is 17.8. The average Bonchev–Trinajstić information content (AvgIpc) is 3.53. The fourth-order valence-electron chi connectivity index (χ4n) is 6.34. The molecule has 2 atom stereocenters. The van der Waals surface area contributed by atoms with E-state index >= 15 is 0 Å². The number of nitrogens with one attached hydrogen (secondary N) is 3. The van der Waals surface area contributed by atoms with Crippen molar-refractivity contribution in [1.29, 1.82) is 0 Å². The molecule has 0 radical (unpaired) electrons. The number of unbranched alkanes of at least 4 members (excludes halogenated alkanes) is 3. The number of benzene rings is 1. The van der Waals surface area contributed by atoms with Gasteiger partial charge in [-0.1, -0.05) is 32.1 Å². The number of amides is 1. The van der Waals surface area contributed by atoms with Crippen molar-refractivity contribution in [2.75, 3.05) is 30.5 Å². The van der Waals surface area contributed by atoms with Gasteiger partial charge in [-0.2, -0.15) is 15.1 Å². The van der Waals surface area contributed by atoms with Crippen LogP contribution in [0.5, 0.6) is 5.75 Å². The van der Waals surface area contributed by atoms with E-state index in [1.807, 2.05) is 35.1 Å². The topological polar surface area (TPSA) is 134 Å². The number of hydroxylamine groups is 1. The normalized spacial score (nSPS) is 20.8. The Morgan fingerprint density at radius 3 is 2.43 bits per heavy atom. The third kappa shape index (κ3) is 9.29. The summed E-state index contributed by atoms with van der Waals surface area (Å²) >= 11 is 0. The van der Waals surface area contributed by atoms with Crippen LogP contribution in [0.25, 0.3) is 11.0 Å². The Labute approximate surface area is 271 Å². The number of hydrogen-bond donors (Lipinski definition) is 3. The van der Waals surface area contributed by atoms with Crippen molar-refractivity contribution in [2.24, 2.45) is 0 Å². The molecule has 0 spiro atoms. The first-order valence-electron chi connectivity index (χ1n) is 17.4. The van der Waals surface area contributed by atoms with E-state index in [0.717, 1.165) is 112 Å². The number of aromatic nitrogens is 4. The molecule has 3 aliphatic rings. The average molecular weight is 636 g/mol. The van der Waals surface area contributed by atoms with Crippen LogP contribution in [0.3, 0.4) is 0 Å². The molecule has 2 unspecified atom stereocenters. The van der Waals surface area contributed by atoms with Crippen LogP contribution < -0.4 is 20.9 Å². The minimum Gasteiger partial charge on any atom is -0.494 e. The quantitative estimate of drug-likeness (QED) is 0.119. The Morgan fingerprint density at radius 1 is 0.870 bits per heavy atom.